The van der Waals surface area contributed by atoms with E-state index >= 15 is 0 Å². The number of nitrogens with zero attached hydrogens (tertiary/aromatic N) is 2. The normalized spacial score (nSPS) is 18.0. The number of carbonyl (C=O) groups is 2. The summed E-state index contributed by atoms with van der Waals surface area (Å²) in [4.78, 5) is 37.7. The van der Waals surface area contributed by atoms with E-state index in [2.05, 4.69) is 0 Å². The molecule has 1 aromatic rings. The van der Waals surface area contributed by atoms with Crippen LogP contribution in [-0.4, -0.2) is 39.5 Å². The maximum Gasteiger partial charge on any atom is 0.341 e. The maximum absolute atomic E-state index is 12.3. The Bertz CT molecular complexity index is 747. The van der Waals surface area contributed by atoms with Crippen LogP contribution >= 0.6 is 0 Å². The number of aromatic nitrogens is 1. The molecule has 0 aromatic carbocycles. The monoisotopic (exact) mass is 360 g/mol. The molecule has 26 heavy (non-hydrogen) atoms. The second kappa shape index (κ2) is 8.06. The third-order valence-corrected chi connectivity index (χ3v) is 5.78. The summed E-state index contributed by atoms with van der Waals surface area (Å²) in [5, 5.41) is 9.60. The Labute approximate surface area is 153 Å². The minimum atomic E-state index is -1.13. The lowest BCUT2D eigenvalue weighted by molar-refractivity contribution is -0.127. The summed E-state index contributed by atoms with van der Waals surface area (Å²) in [6.07, 6.45) is 7.54. The number of carboxylic acid groups (broad SMARTS) is 1. The Kier molecular flexibility index (Phi) is 5.79. The highest BCUT2D eigenvalue weighted by Gasteiger charge is 2.25. The van der Waals surface area contributed by atoms with Crippen LogP contribution < -0.4 is 5.43 Å². The molecule has 6 heteroatoms. The van der Waals surface area contributed by atoms with Crippen molar-refractivity contribution in [3.05, 3.63) is 33.2 Å². The summed E-state index contributed by atoms with van der Waals surface area (Å²) in [6, 6.07) is 1.43. The average molecular weight is 360 g/mol. The van der Waals surface area contributed by atoms with E-state index < -0.39 is 11.4 Å². The van der Waals surface area contributed by atoms with Gasteiger partial charge in [-0.15, -0.1) is 0 Å². The summed E-state index contributed by atoms with van der Waals surface area (Å²) in [5.41, 5.74) is 1.01. The van der Waals surface area contributed by atoms with E-state index in [1.165, 1.54) is 18.9 Å². The third kappa shape index (κ3) is 4.00. The zero-order chi connectivity index (χ0) is 18.7. The molecule has 2 fully saturated rings. The summed E-state index contributed by atoms with van der Waals surface area (Å²) < 4.78 is 2.00. The van der Waals surface area contributed by atoms with Crippen molar-refractivity contribution in [3.63, 3.8) is 0 Å². The fourth-order valence-electron chi connectivity index (χ4n) is 4.43. The minimum absolute atomic E-state index is 0.0697. The summed E-state index contributed by atoms with van der Waals surface area (Å²) in [6.45, 7) is 4.01. The molecule has 1 aliphatic heterocycles. The van der Waals surface area contributed by atoms with Crippen LogP contribution in [0.1, 0.15) is 66.7 Å². The molecular formula is C20H28N2O4. The Morgan fingerprint density at radius 3 is 2.54 bits per heavy atom. The number of amides is 1. The average Bonchev–Trinajstić information content (AvgIpc) is 3.21. The molecule has 1 N–H and O–H groups in total. The van der Waals surface area contributed by atoms with Crippen molar-refractivity contribution in [2.45, 2.75) is 64.8 Å². The van der Waals surface area contributed by atoms with Crippen molar-refractivity contribution in [2.24, 2.45) is 5.92 Å². The second-order valence-corrected chi connectivity index (χ2v) is 7.62. The highest BCUT2D eigenvalue weighted by Crippen LogP contribution is 2.29. The number of likely N-dealkylation sites (tertiary alicyclic amines) is 1. The summed E-state index contributed by atoms with van der Waals surface area (Å²) >= 11 is 0. The molecule has 0 bridgehead atoms. The fourth-order valence-corrected chi connectivity index (χ4v) is 4.43. The van der Waals surface area contributed by atoms with Crippen LogP contribution in [0.5, 0.6) is 0 Å². The standard InChI is InChI=1S/C20H28N2O4/c1-14-12-17(23)19(20(25)26)16(13-15-6-2-3-7-15)22(14)11-5-10-21-9-4-8-18(21)24/h12,15H,2-11,13H2,1H3,(H,25,26). The first-order chi connectivity index (χ1) is 12.5. The van der Waals surface area contributed by atoms with Gasteiger partial charge < -0.3 is 14.6 Å². The molecule has 6 nitrogen and oxygen atoms in total. The van der Waals surface area contributed by atoms with E-state index in [9.17, 15) is 19.5 Å². The number of pyridine rings is 1. The molecule has 142 valence electrons. The molecule has 2 aliphatic rings. The van der Waals surface area contributed by atoms with E-state index in [0.29, 0.717) is 37.5 Å². The maximum atomic E-state index is 12.3. The van der Waals surface area contributed by atoms with Gasteiger partial charge in [-0.3, -0.25) is 9.59 Å². The van der Waals surface area contributed by atoms with Gasteiger partial charge in [0.15, 0.2) is 5.43 Å². The second-order valence-electron chi connectivity index (χ2n) is 7.62. The van der Waals surface area contributed by atoms with Crippen molar-refractivity contribution < 1.29 is 14.7 Å². The van der Waals surface area contributed by atoms with Gasteiger partial charge in [-0.1, -0.05) is 25.7 Å². The van der Waals surface area contributed by atoms with E-state index in [0.717, 1.165) is 37.9 Å². The summed E-state index contributed by atoms with van der Waals surface area (Å²) in [5.74, 6) is -0.466. The lowest BCUT2D eigenvalue weighted by atomic mass is 9.97. The Morgan fingerprint density at radius 1 is 1.19 bits per heavy atom. The number of carbonyl (C=O) groups excluding carboxylic acids is 1. The van der Waals surface area contributed by atoms with Crippen LogP contribution in [0.3, 0.4) is 0 Å². The summed E-state index contributed by atoms with van der Waals surface area (Å²) in [7, 11) is 0. The van der Waals surface area contributed by atoms with Crippen molar-refractivity contribution in [1.29, 1.82) is 0 Å². The van der Waals surface area contributed by atoms with Crippen LogP contribution in [-0.2, 0) is 17.8 Å². The zero-order valence-electron chi connectivity index (χ0n) is 15.5. The highest BCUT2D eigenvalue weighted by molar-refractivity contribution is 5.88. The number of carboxylic acids is 1. The minimum Gasteiger partial charge on any atom is -0.477 e. The predicted molar refractivity (Wildman–Crippen MR) is 98.5 cm³/mol. The molecule has 1 saturated carbocycles. The van der Waals surface area contributed by atoms with E-state index in [4.69, 9.17) is 0 Å². The van der Waals surface area contributed by atoms with Crippen LogP contribution in [0.4, 0.5) is 0 Å². The van der Waals surface area contributed by atoms with Crippen molar-refractivity contribution in [2.75, 3.05) is 13.1 Å². The van der Waals surface area contributed by atoms with Gasteiger partial charge in [-0.2, -0.15) is 0 Å². The molecule has 1 aliphatic carbocycles. The van der Waals surface area contributed by atoms with Gasteiger partial charge in [0, 0.05) is 43.5 Å². The molecule has 0 radical (unpaired) electrons. The van der Waals surface area contributed by atoms with Crippen molar-refractivity contribution in [3.8, 4) is 0 Å². The predicted octanol–water partition coefficient (Wildman–Crippen LogP) is 2.60. The molecule has 0 unspecified atom stereocenters. The topological polar surface area (TPSA) is 79.6 Å². The van der Waals surface area contributed by atoms with Crippen molar-refractivity contribution in [1.82, 2.24) is 9.47 Å². The molecule has 0 spiro atoms. The first-order valence-electron chi connectivity index (χ1n) is 9.71. The fraction of sp³-hybridized carbons (Fsp3) is 0.650. The van der Waals surface area contributed by atoms with Gasteiger partial charge >= 0.3 is 5.97 Å². The van der Waals surface area contributed by atoms with Gasteiger partial charge in [0.2, 0.25) is 5.91 Å². The molecule has 3 rings (SSSR count). The van der Waals surface area contributed by atoms with Gasteiger partial charge in [0.1, 0.15) is 5.56 Å². The Hall–Kier alpha value is -2.11. The smallest absolute Gasteiger partial charge is 0.341 e. The van der Waals surface area contributed by atoms with Crippen molar-refractivity contribution >= 4 is 11.9 Å². The number of aryl methyl sites for hydroxylation is 1. The molecular weight excluding hydrogens is 332 g/mol. The van der Waals surface area contributed by atoms with Crippen LogP contribution in [0, 0.1) is 12.8 Å². The van der Waals surface area contributed by atoms with Crippen LogP contribution in [0.2, 0.25) is 0 Å². The van der Waals surface area contributed by atoms with Crippen LogP contribution in [0.15, 0.2) is 10.9 Å². The van der Waals surface area contributed by atoms with Gasteiger partial charge in [0.25, 0.3) is 0 Å². The lowest BCUT2D eigenvalue weighted by Gasteiger charge is -2.22. The molecule has 2 heterocycles. The number of aromatic carboxylic acids is 1. The number of hydrogen-bond acceptors (Lipinski definition) is 3. The zero-order valence-corrected chi connectivity index (χ0v) is 15.5. The number of rotatable bonds is 7. The molecule has 1 saturated heterocycles. The first kappa shape index (κ1) is 18.7. The van der Waals surface area contributed by atoms with Gasteiger partial charge in [-0.05, 0) is 32.1 Å². The van der Waals surface area contributed by atoms with E-state index in [1.54, 1.807) is 0 Å². The van der Waals surface area contributed by atoms with E-state index in [1.807, 2.05) is 16.4 Å². The quantitative estimate of drug-likeness (QED) is 0.810. The van der Waals surface area contributed by atoms with Gasteiger partial charge in [-0.25, -0.2) is 4.79 Å². The third-order valence-electron chi connectivity index (χ3n) is 5.78. The molecule has 0 atom stereocenters. The van der Waals surface area contributed by atoms with E-state index in [-0.39, 0.29) is 11.5 Å². The Balaban J connectivity index is 1.83. The highest BCUT2D eigenvalue weighted by atomic mass is 16.4. The lowest BCUT2D eigenvalue weighted by Crippen LogP contribution is -2.29. The number of hydrogen-bond donors (Lipinski definition) is 1. The molecule has 1 aromatic heterocycles. The van der Waals surface area contributed by atoms with Gasteiger partial charge in [0.05, 0.1) is 0 Å². The Morgan fingerprint density at radius 2 is 1.92 bits per heavy atom. The van der Waals surface area contributed by atoms with Crippen LogP contribution in [0.25, 0.3) is 0 Å². The molecule has 1 amide bonds. The first-order valence-corrected chi connectivity index (χ1v) is 9.71. The SMILES string of the molecule is Cc1cc(=O)c(C(=O)O)c(CC2CCCC2)n1CCCN1CCCC1=O. The largest absolute Gasteiger partial charge is 0.477 e.